The molecule has 0 rings (SSSR count). The normalized spacial score (nSPS) is 10.7. The second kappa shape index (κ2) is 8.01. The standard InChI is InChI=1S/C9H19NO3/c1-3-12-9(13-4-2)7-5-6-8(10)11/h9H,3-7H2,1-2H3,(H2,10,11). The van der Waals surface area contributed by atoms with E-state index < -0.39 is 0 Å². The van der Waals surface area contributed by atoms with Gasteiger partial charge in [0.2, 0.25) is 5.91 Å². The van der Waals surface area contributed by atoms with Crippen LogP contribution in [0.5, 0.6) is 0 Å². The van der Waals surface area contributed by atoms with Crippen molar-refractivity contribution in [3.63, 3.8) is 0 Å². The maximum Gasteiger partial charge on any atom is 0.217 e. The number of amides is 1. The monoisotopic (exact) mass is 189 g/mol. The average Bonchev–Trinajstić information content (AvgIpc) is 2.04. The number of carbonyl (C=O) groups excluding carboxylic acids is 1. The molecule has 0 radical (unpaired) electrons. The Hall–Kier alpha value is -0.610. The average molecular weight is 189 g/mol. The molecule has 4 heteroatoms. The first-order valence-corrected chi connectivity index (χ1v) is 4.72. The van der Waals surface area contributed by atoms with E-state index in [1.54, 1.807) is 0 Å². The number of hydrogen-bond donors (Lipinski definition) is 1. The fourth-order valence-electron chi connectivity index (χ4n) is 1.03. The predicted octanol–water partition coefficient (Wildman–Crippen LogP) is 1.04. The smallest absolute Gasteiger partial charge is 0.217 e. The molecule has 0 spiro atoms. The molecule has 0 heterocycles. The van der Waals surface area contributed by atoms with Gasteiger partial charge in [0.15, 0.2) is 6.29 Å². The van der Waals surface area contributed by atoms with Crippen LogP contribution in [-0.4, -0.2) is 25.4 Å². The highest BCUT2D eigenvalue weighted by Gasteiger charge is 2.07. The lowest BCUT2D eigenvalue weighted by atomic mass is 10.2. The zero-order valence-electron chi connectivity index (χ0n) is 8.41. The highest BCUT2D eigenvalue weighted by molar-refractivity contribution is 5.73. The van der Waals surface area contributed by atoms with Gasteiger partial charge in [-0.25, -0.2) is 0 Å². The van der Waals surface area contributed by atoms with E-state index in [-0.39, 0.29) is 12.2 Å². The van der Waals surface area contributed by atoms with Gasteiger partial charge in [-0.15, -0.1) is 0 Å². The van der Waals surface area contributed by atoms with E-state index >= 15 is 0 Å². The summed E-state index contributed by atoms with van der Waals surface area (Å²) in [6.07, 6.45) is 1.66. The zero-order chi connectivity index (χ0) is 10.1. The third kappa shape index (κ3) is 7.74. The van der Waals surface area contributed by atoms with Gasteiger partial charge in [-0.05, 0) is 26.7 Å². The number of ether oxygens (including phenoxy) is 2. The molecule has 0 aliphatic carbocycles. The van der Waals surface area contributed by atoms with E-state index in [2.05, 4.69) is 0 Å². The van der Waals surface area contributed by atoms with Gasteiger partial charge in [0.1, 0.15) is 0 Å². The van der Waals surface area contributed by atoms with Crippen molar-refractivity contribution in [2.45, 2.75) is 39.4 Å². The maximum atomic E-state index is 10.4. The lowest BCUT2D eigenvalue weighted by Gasteiger charge is -2.15. The minimum Gasteiger partial charge on any atom is -0.370 e. The molecule has 1 amide bonds. The first-order chi connectivity index (χ1) is 6.20. The van der Waals surface area contributed by atoms with Gasteiger partial charge >= 0.3 is 0 Å². The fourth-order valence-corrected chi connectivity index (χ4v) is 1.03. The first kappa shape index (κ1) is 12.4. The molecule has 0 aliphatic heterocycles. The minimum atomic E-state index is -0.272. The summed E-state index contributed by atoms with van der Waals surface area (Å²) >= 11 is 0. The van der Waals surface area contributed by atoms with Crippen LogP contribution in [0.25, 0.3) is 0 Å². The molecule has 13 heavy (non-hydrogen) atoms. The maximum absolute atomic E-state index is 10.4. The van der Waals surface area contributed by atoms with E-state index in [0.717, 1.165) is 12.8 Å². The van der Waals surface area contributed by atoms with Crippen molar-refractivity contribution in [1.29, 1.82) is 0 Å². The zero-order valence-corrected chi connectivity index (χ0v) is 8.41. The van der Waals surface area contributed by atoms with Gasteiger partial charge in [-0.2, -0.15) is 0 Å². The van der Waals surface area contributed by atoms with Gasteiger partial charge in [0.25, 0.3) is 0 Å². The third-order valence-electron chi connectivity index (χ3n) is 1.57. The summed E-state index contributed by atoms with van der Waals surface area (Å²) in [6, 6.07) is 0. The molecule has 0 aromatic carbocycles. The Morgan fingerprint density at radius 3 is 2.23 bits per heavy atom. The van der Waals surface area contributed by atoms with E-state index in [4.69, 9.17) is 15.2 Å². The Morgan fingerprint density at radius 2 is 1.85 bits per heavy atom. The Bertz CT molecular complexity index is 133. The van der Waals surface area contributed by atoms with E-state index in [1.807, 2.05) is 13.8 Å². The summed E-state index contributed by atoms with van der Waals surface area (Å²) in [5, 5.41) is 0. The van der Waals surface area contributed by atoms with Crippen LogP contribution in [0.1, 0.15) is 33.1 Å². The Kier molecular flexibility index (Phi) is 7.63. The summed E-state index contributed by atoms with van der Waals surface area (Å²) in [4.78, 5) is 10.4. The van der Waals surface area contributed by atoms with Crippen molar-refractivity contribution in [2.75, 3.05) is 13.2 Å². The second-order valence-corrected chi connectivity index (χ2v) is 2.70. The predicted molar refractivity (Wildman–Crippen MR) is 50.1 cm³/mol. The molecule has 2 N–H and O–H groups in total. The highest BCUT2D eigenvalue weighted by atomic mass is 16.7. The van der Waals surface area contributed by atoms with Crippen molar-refractivity contribution in [2.24, 2.45) is 5.73 Å². The SMILES string of the molecule is CCOC(CCCC(N)=O)OCC. The van der Waals surface area contributed by atoms with Crippen LogP contribution in [0.15, 0.2) is 0 Å². The second-order valence-electron chi connectivity index (χ2n) is 2.70. The molecule has 0 fully saturated rings. The molecular weight excluding hydrogens is 170 g/mol. The summed E-state index contributed by atoms with van der Waals surface area (Å²) in [6.45, 7) is 5.09. The molecule has 78 valence electrons. The van der Waals surface area contributed by atoms with Crippen molar-refractivity contribution in [3.05, 3.63) is 0 Å². The number of primary amides is 1. The fraction of sp³-hybridized carbons (Fsp3) is 0.889. The Morgan fingerprint density at radius 1 is 1.31 bits per heavy atom. The quantitative estimate of drug-likeness (QED) is 0.580. The van der Waals surface area contributed by atoms with E-state index in [0.29, 0.717) is 19.6 Å². The number of hydrogen-bond acceptors (Lipinski definition) is 3. The molecule has 0 unspecified atom stereocenters. The Labute approximate surface area is 79.4 Å². The molecule has 0 aromatic rings. The van der Waals surface area contributed by atoms with Crippen molar-refractivity contribution >= 4 is 5.91 Å². The molecule has 0 saturated carbocycles. The lowest BCUT2D eigenvalue weighted by Crippen LogP contribution is -2.18. The Balaban J connectivity index is 3.49. The topological polar surface area (TPSA) is 61.5 Å². The van der Waals surface area contributed by atoms with Crippen molar-refractivity contribution < 1.29 is 14.3 Å². The molecule has 0 saturated heterocycles. The van der Waals surface area contributed by atoms with Gasteiger partial charge in [0, 0.05) is 19.6 Å². The summed E-state index contributed by atoms with van der Waals surface area (Å²) in [7, 11) is 0. The number of carbonyl (C=O) groups is 1. The van der Waals surface area contributed by atoms with Crippen LogP contribution >= 0.6 is 0 Å². The van der Waals surface area contributed by atoms with E-state index in [1.165, 1.54) is 0 Å². The molecule has 0 atom stereocenters. The first-order valence-electron chi connectivity index (χ1n) is 4.72. The number of nitrogens with two attached hydrogens (primary N) is 1. The van der Waals surface area contributed by atoms with Crippen LogP contribution in [0.2, 0.25) is 0 Å². The van der Waals surface area contributed by atoms with Crippen LogP contribution in [0, 0.1) is 0 Å². The van der Waals surface area contributed by atoms with Crippen molar-refractivity contribution in [3.8, 4) is 0 Å². The van der Waals surface area contributed by atoms with Crippen LogP contribution in [-0.2, 0) is 14.3 Å². The molecule has 0 aliphatic rings. The lowest BCUT2D eigenvalue weighted by molar-refractivity contribution is -0.140. The van der Waals surface area contributed by atoms with Gasteiger partial charge in [-0.1, -0.05) is 0 Å². The summed E-state index contributed by atoms with van der Waals surface area (Å²) in [5.74, 6) is -0.272. The molecule has 0 aromatic heterocycles. The molecule has 4 nitrogen and oxygen atoms in total. The summed E-state index contributed by atoms with van der Waals surface area (Å²) in [5.41, 5.74) is 5.01. The minimum absolute atomic E-state index is 0.186. The number of rotatable bonds is 8. The van der Waals surface area contributed by atoms with Crippen LogP contribution in [0.4, 0.5) is 0 Å². The van der Waals surface area contributed by atoms with Crippen LogP contribution in [0.3, 0.4) is 0 Å². The third-order valence-corrected chi connectivity index (χ3v) is 1.57. The van der Waals surface area contributed by atoms with Crippen LogP contribution < -0.4 is 5.73 Å². The van der Waals surface area contributed by atoms with Gasteiger partial charge < -0.3 is 15.2 Å². The largest absolute Gasteiger partial charge is 0.370 e. The molecule has 0 bridgehead atoms. The van der Waals surface area contributed by atoms with Gasteiger partial charge in [-0.3, -0.25) is 4.79 Å². The van der Waals surface area contributed by atoms with Gasteiger partial charge in [0.05, 0.1) is 0 Å². The summed E-state index contributed by atoms with van der Waals surface area (Å²) < 4.78 is 10.6. The van der Waals surface area contributed by atoms with E-state index in [9.17, 15) is 4.79 Å². The highest BCUT2D eigenvalue weighted by Crippen LogP contribution is 2.06. The van der Waals surface area contributed by atoms with Crippen molar-refractivity contribution in [1.82, 2.24) is 0 Å². The molecular formula is C9H19NO3.